The fraction of sp³-hybridized carbons (Fsp3) is 0.100. The van der Waals surface area contributed by atoms with E-state index in [0.717, 1.165) is 25.9 Å². The molecule has 0 bridgehead atoms. The number of carbonyl (C=O) groups excluding carboxylic acids is 1. The number of hydrogen-bond donors (Lipinski definition) is 0. The molecule has 0 amide bonds. The Bertz CT molecular complexity index is 1090. The van der Waals surface area contributed by atoms with Gasteiger partial charge >= 0.3 is 5.97 Å². The zero-order chi connectivity index (χ0) is 18.1. The first kappa shape index (κ1) is 17.3. The second-order valence-corrected chi connectivity index (χ2v) is 8.04. The third-order valence-corrected chi connectivity index (χ3v) is 6.19. The summed E-state index contributed by atoms with van der Waals surface area (Å²) in [5.41, 5.74) is 1.53. The van der Waals surface area contributed by atoms with Crippen LogP contribution >= 0.6 is 34.7 Å². The van der Waals surface area contributed by atoms with Crippen LogP contribution in [-0.2, 0) is 11.3 Å². The lowest BCUT2D eigenvalue weighted by molar-refractivity contribution is 0.0478. The van der Waals surface area contributed by atoms with E-state index in [9.17, 15) is 4.79 Å². The van der Waals surface area contributed by atoms with Gasteiger partial charge in [-0.05, 0) is 42.0 Å². The van der Waals surface area contributed by atoms with E-state index in [4.69, 9.17) is 16.3 Å². The molecule has 2 aromatic heterocycles. The molecule has 6 heteroatoms. The minimum Gasteiger partial charge on any atom is -0.457 e. The summed E-state index contributed by atoms with van der Waals surface area (Å²) in [4.78, 5) is 18.5. The van der Waals surface area contributed by atoms with Gasteiger partial charge in [0.15, 0.2) is 0 Å². The number of thiophene rings is 1. The second-order valence-electron chi connectivity index (χ2n) is 5.72. The molecular formula is C20H14ClNO2S2. The molecule has 0 saturated carbocycles. The molecule has 4 aromatic rings. The van der Waals surface area contributed by atoms with Crippen molar-refractivity contribution in [2.75, 3.05) is 6.26 Å². The van der Waals surface area contributed by atoms with Gasteiger partial charge in [0.1, 0.15) is 16.6 Å². The summed E-state index contributed by atoms with van der Waals surface area (Å²) in [6.07, 6.45) is 2.02. The van der Waals surface area contributed by atoms with Gasteiger partial charge < -0.3 is 4.74 Å². The van der Waals surface area contributed by atoms with Crippen LogP contribution < -0.4 is 0 Å². The number of fused-ring (bicyclic) bond motifs is 2. The van der Waals surface area contributed by atoms with E-state index in [2.05, 4.69) is 4.98 Å². The van der Waals surface area contributed by atoms with E-state index < -0.39 is 0 Å². The van der Waals surface area contributed by atoms with Crippen molar-refractivity contribution in [3.8, 4) is 0 Å². The number of ether oxygens (including phenoxy) is 1. The summed E-state index contributed by atoms with van der Waals surface area (Å²) < 4.78 is 6.53. The number of pyridine rings is 1. The Morgan fingerprint density at radius 3 is 2.81 bits per heavy atom. The third-order valence-electron chi connectivity index (χ3n) is 4.04. The highest BCUT2D eigenvalue weighted by atomic mass is 35.5. The first-order valence-corrected chi connectivity index (χ1v) is 10.3. The van der Waals surface area contributed by atoms with Crippen LogP contribution in [0.4, 0.5) is 0 Å². The minimum absolute atomic E-state index is 0.0964. The molecule has 0 atom stereocenters. The van der Waals surface area contributed by atoms with Crippen molar-refractivity contribution in [3.05, 3.63) is 70.2 Å². The van der Waals surface area contributed by atoms with Crippen LogP contribution in [0.3, 0.4) is 0 Å². The molecule has 0 aliphatic heterocycles. The van der Waals surface area contributed by atoms with Crippen molar-refractivity contribution in [2.24, 2.45) is 0 Å². The smallest absolute Gasteiger partial charge is 0.348 e. The highest BCUT2D eigenvalue weighted by Crippen LogP contribution is 2.28. The molecule has 0 unspecified atom stereocenters. The molecule has 2 heterocycles. The molecule has 130 valence electrons. The predicted molar refractivity (Wildman–Crippen MR) is 109 cm³/mol. The van der Waals surface area contributed by atoms with E-state index in [1.54, 1.807) is 11.8 Å². The van der Waals surface area contributed by atoms with Crippen LogP contribution in [0.2, 0.25) is 5.15 Å². The fourth-order valence-corrected chi connectivity index (χ4v) is 4.28. The van der Waals surface area contributed by atoms with Crippen molar-refractivity contribution < 1.29 is 9.53 Å². The molecule has 0 saturated heterocycles. The standard InChI is InChI=1S/C20H14ClNO2S2/c1-25-15-7-6-12-8-14(19(21)22-16(12)10-15)11-24-20(23)18-9-13-4-2-3-5-17(13)26-18/h2-10H,11H2,1H3. The molecule has 0 aliphatic carbocycles. The summed E-state index contributed by atoms with van der Waals surface area (Å²) in [5, 5.41) is 2.37. The van der Waals surface area contributed by atoms with Gasteiger partial charge in [0.05, 0.1) is 5.52 Å². The lowest BCUT2D eigenvalue weighted by atomic mass is 10.2. The molecule has 0 N–H and O–H groups in total. The number of esters is 1. The Morgan fingerprint density at radius 2 is 2.00 bits per heavy atom. The topological polar surface area (TPSA) is 39.2 Å². The van der Waals surface area contributed by atoms with Crippen LogP contribution in [0.15, 0.2) is 59.5 Å². The maximum Gasteiger partial charge on any atom is 0.348 e. The number of hydrogen-bond acceptors (Lipinski definition) is 5. The molecule has 26 heavy (non-hydrogen) atoms. The molecule has 0 spiro atoms. The predicted octanol–water partition coefficient (Wildman–Crippen LogP) is 6.18. The van der Waals surface area contributed by atoms with Crippen molar-refractivity contribution in [2.45, 2.75) is 11.5 Å². The number of carbonyl (C=O) groups is 1. The van der Waals surface area contributed by atoms with Crippen molar-refractivity contribution in [3.63, 3.8) is 0 Å². The Labute approximate surface area is 164 Å². The van der Waals surface area contributed by atoms with E-state index in [0.29, 0.717) is 15.6 Å². The van der Waals surface area contributed by atoms with Gasteiger partial charge in [-0.1, -0.05) is 35.9 Å². The van der Waals surface area contributed by atoms with E-state index in [1.165, 1.54) is 11.3 Å². The highest BCUT2D eigenvalue weighted by molar-refractivity contribution is 7.98. The van der Waals surface area contributed by atoms with Gasteiger partial charge in [-0.3, -0.25) is 0 Å². The molecule has 3 nitrogen and oxygen atoms in total. The van der Waals surface area contributed by atoms with Crippen LogP contribution in [-0.4, -0.2) is 17.2 Å². The minimum atomic E-state index is -0.347. The number of thioether (sulfide) groups is 1. The van der Waals surface area contributed by atoms with Crippen molar-refractivity contribution >= 4 is 61.7 Å². The number of aromatic nitrogens is 1. The molecule has 2 aromatic carbocycles. The number of rotatable bonds is 4. The third kappa shape index (κ3) is 3.43. The van der Waals surface area contributed by atoms with Gasteiger partial charge in [0.25, 0.3) is 0 Å². The highest BCUT2D eigenvalue weighted by Gasteiger charge is 2.13. The lowest BCUT2D eigenvalue weighted by Gasteiger charge is -2.08. The summed E-state index contributed by atoms with van der Waals surface area (Å²) >= 11 is 9.37. The lowest BCUT2D eigenvalue weighted by Crippen LogP contribution is -2.04. The van der Waals surface area contributed by atoms with Crippen LogP contribution in [0.1, 0.15) is 15.2 Å². The molecule has 0 fully saturated rings. The van der Waals surface area contributed by atoms with E-state index in [-0.39, 0.29) is 12.6 Å². The first-order chi connectivity index (χ1) is 12.6. The maximum atomic E-state index is 12.4. The SMILES string of the molecule is CSc1ccc2cc(COC(=O)c3cc4ccccc4s3)c(Cl)nc2c1. The van der Waals surface area contributed by atoms with Crippen LogP contribution in [0.5, 0.6) is 0 Å². The zero-order valence-electron chi connectivity index (χ0n) is 13.9. The number of nitrogens with zero attached hydrogens (tertiary/aromatic N) is 1. The molecule has 0 radical (unpaired) electrons. The maximum absolute atomic E-state index is 12.4. The number of halogens is 1. The van der Waals surface area contributed by atoms with E-state index >= 15 is 0 Å². The van der Waals surface area contributed by atoms with Gasteiger partial charge in [0.2, 0.25) is 0 Å². The van der Waals surface area contributed by atoms with Crippen molar-refractivity contribution in [1.82, 2.24) is 4.98 Å². The average Bonchev–Trinajstić information content (AvgIpc) is 3.10. The second kappa shape index (κ2) is 7.27. The Kier molecular flexibility index (Phi) is 4.85. The average molecular weight is 400 g/mol. The molecule has 4 rings (SSSR count). The van der Waals surface area contributed by atoms with Gasteiger partial charge in [0, 0.05) is 20.5 Å². The zero-order valence-corrected chi connectivity index (χ0v) is 16.3. The largest absolute Gasteiger partial charge is 0.457 e. The van der Waals surface area contributed by atoms with Gasteiger partial charge in [-0.15, -0.1) is 23.1 Å². The monoisotopic (exact) mass is 399 g/mol. The Balaban J connectivity index is 1.55. The summed E-state index contributed by atoms with van der Waals surface area (Å²) in [6, 6.07) is 17.7. The van der Waals surface area contributed by atoms with Crippen molar-refractivity contribution in [1.29, 1.82) is 0 Å². The summed E-state index contributed by atoms with van der Waals surface area (Å²) in [5.74, 6) is -0.347. The fourth-order valence-electron chi connectivity index (χ4n) is 2.69. The van der Waals surface area contributed by atoms with Gasteiger partial charge in [-0.2, -0.15) is 0 Å². The molecule has 0 aliphatic rings. The summed E-state index contributed by atoms with van der Waals surface area (Å²) in [7, 11) is 0. The van der Waals surface area contributed by atoms with Crippen LogP contribution in [0, 0.1) is 0 Å². The van der Waals surface area contributed by atoms with E-state index in [1.807, 2.05) is 60.9 Å². The Hall–Kier alpha value is -2.08. The summed E-state index contributed by atoms with van der Waals surface area (Å²) in [6.45, 7) is 0.0964. The van der Waals surface area contributed by atoms with Crippen LogP contribution in [0.25, 0.3) is 21.0 Å². The normalized spacial score (nSPS) is 11.2. The number of benzene rings is 2. The molecular weight excluding hydrogens is 386 g/mol. The Morgan fingerprint density at radius 1 is 1.15 bits per heavy atom. The first-order valence-electron chi connectivity index (χ1n) is 7.93. The van der Waals surface area contributed by atoms with Gasteiger partial charge in [-0.25, -0.2) is 9.78 Å². The quantitative estimate of drug-likeness (QED) is 0.233.